The first-order chi connectivity index (χ1) is 12.3. The Balaban J connectivity index is 2.51. The Hall–Kier alpha value is 0.350. The third-order valence-corrected chi connectivity index (χ3v) is 4.77. The van der Waals surface area contributed by atoms with Crippen LogP contribution in [0.1, 0.15) is 25.5 Å². The van der Waals surface area contributed by atoms with Gasteiger partial charge in [0.05, 0.1) is 0 Å². The summed E-state index contributed by atoms with van der Waals surface area (Å²) >= 11 is 47.7. The summed E-state index contributed by atoms with van der Waals surface area (Å²) in [7, 11) is 0. The number of hydrogen-bond acceptors (Lipinski definition) is 4. The molecule has 148 valence electrons. The molecule has 0 N–H and O–H groups in total. The Kier molecular flexibility index (Phi) is 7.89. The fraction of sp³-hybridized carbons (Fsp3) is 0.400. The Morgan fingerprint density at radius 2 is 1.15 bits per heavy atom. The average Bonchev–Trinajstić information content (AvgIpc) is 2.53. The van der Waals surface area contributed by atoms with Crippen molar-refractivity contribution in [3.63, 3.8) is 0 Å². The number of hydrogen-bond donors (Lipinski definition) is 0. The first-order valence-electron chi connectivity index (χ1n) is 7.38. The molecule has 0 amide bonds. The molecule has 27 heavy (non-hydrogen) atoms. The van der Waals surface area contributed by atoms with E-state index in [4.69, 9.17) is 92.8 Å². The minimum Gasteiger partial charge on any atom is -0.339 e. The van der Waals surface area contributed by atoms with Crippen molar-refractivity contribution in [1.82, 2.24) is 15.0 Å². The lowest BCUT2D eigenvalue weighted by Crippen LogP contribution is -2.34. The highest BCUT2D eigenvalue weighted by Gasteiger charge is 2.34. The van der Waals surface area contributed by atoms with Crippen LogP contribution in [0.2, 0.25) is 0 Å². The van der Waals surface area contributed by atoms with E-state index >= 15 is 0 Å². The molecule has 0 saturated carbocycles. The van der Waals surface area contributed by atoms with Gasteiger partial charge >= 0.3 is 0 Å². The number of anilines is 1. The monoisotopic (exact) mass is 528 g/mol. The van der Waals surface area contributed by atoms with Crippen LogP contribution in [-0.4, -0.2) is 26.0 Å². The summed E-state index contributed by atoms with van der Waals surface area (Å²) in [6.07, 6.45) is 0. The molecule has 2 aromatic rings. The van der Waals surface area contributed by atoms with Crippen molar-refractivity contribution in [3.8, 4) is 11.4 Å². The van der Waals surface area contributed by atoms with Crippen LogP contribution in [0, 0.1) is 0 Å². The highest BCUT2D eigenvalue weighted by atomic mass is 35.6. The van der Waals surface area contributed by atoms with Gasteiger partial charge in [-0.3, -0.25) is 0 Å². The third kappa shape index (κ3) is 6.16. The van der Waals surface area contributed by atoms with Gasteiger partial charge in [0.2, 0.25) is 7.59 Å². The molecule has 0 bridgehead atoms. The largest absolute Gasteiger partial charge is 0.339 e. The molecule has 0 spiro atoms. The van der Waals surface area contributed by atoms with Gasteiger partial charge in [0.25, 0.3) is 0 Å². The van der Waals surface area contributed by atoms with E-state index in [1.54, 1.807) is 24.3 Å². The van der Waals surface area contributed by atoms with E-state index in [0.717, 1.165) is 5.69 Å². The second-order valence-corrected chi connectivity index (χ2v) is 11.2. The van der Waals surface area contributed by atoms with Crippen molar-refractivity contribution < 1.29 is 0 Å². The van der Waals surface area contributed by atoms with Gasteiger partial charge < -0.3 is 4.90 Å². The summed E-state index contributed by atoms with van der Waals surface area (Å²) in [6, 6.07) is 7.11. The molecule has 1 heterocycles. The molecule has 0 aliphatic heterocycles. The number of alkyl halides is 8. The Morgan fingerprint density at radius 1 is 0.741 bits per heavy atom. The number of aromatic nitrogens is 3. The molecule has 1 aromatic carbocycles. The molecule has 2 unspecified atom stereocenters. The number of halogens is 8. The fourth-order valence-corrected chi connectivity index (χ4v) is 3.36. The van der Waals surface area contributed by atoms with Gasteiger partial charge in [-0.05, 0) is 38.1 Å². The predicted molar refractivity (Wildman–Crippen MR) is 117 cm³/mol. The van der Waals surface area contributed by atoms with E-state index < -0.39 is 7.59 Å². The second kappa shape index (κ2) is 9.01. The normalized spacial score (nSPS) is 14.7. The lowest BCUT2D eigenvalue weighted by molar-refractivity contribution is 0.769. The van der Waals surface area contributed by atoms with Crippen molar-refractivity contribution in [3.05, 3.63) is 35.9 Å². The zero-order valence-corrected chi connectivity index (χ0v) is 19.8. The number of rotatable bonds is 4. The minimum atomic E-state index is -1.92. The van der Waals surface area contributed by atoms with Crippen LogP contribution in [0.25, 0.3) is 11.4 Å². The van der Waals surface area contributed by atoms with E-state index in [2.05, 4.69) is 15.0 Å². The summed E-state index contributed by atoms with van der Waals surface area (Å²) < 4.78 is -3.83. The average molecular weight is 532 g/mol. The van der Waals surface area contributed by atoms with Crippen molar-refractivity contribution in [1.29, 1.82) is 0 Å². The fourth-order valence-electron chi connectivity index (χ4n) is 2.24. The molecule has 2 atom stereocenters. The van der Waals surface area contributed by atoms with Crippen molar-refractivity contribution in [2.24, 2.45) is 0 Å². The van der Waals surface area contributed by atoms with Gasteiger partial charge in [0, 0.05) is 11.3 Å². The Bertz CT molecular complexity index is 744. The van der Waals surface area contributed by atoms with E-state index in [9.17, 15) is 0 Å². The summed E-state index contributed by atoms with van der Waals surface area (Å²) in [5, 5.41) is 0. The van der Waals surface area contributed by atoms with Crippen LogP contribution in [-0.2, 0) is 7.59 Å². The summed E-state index contributed by atoms with van der Waals surface area (Å²) in [4.78, 5) is 14.1. The van der Waals surface area contributed by atoms with Crippen LogP contribution < -0.4 is 4.90 Å². The van der Waals surface area contributed by atoms with Gasteiger partial charge in [0.1, 0.15) is 11.0 Å². The van der Waals surface area contributed by atoms with E-state index in [1.165, 1.54) is 0 Å². The molecule has 0 saturated heterocycles. The maximum Gasteiger partial charge on any atom is 0.250 e. The molecular weight excluding hydrogens is 520 g/mol. The molecule has 0 aliphatic carbocycles. The van der Waals surface area contributed by atoms with Crippen LogP contribution in [0.4, 0.5) is 5.69 Å². The van der Waals surface area contributed by atoms with Crippen LogP contribution in [0.5, 0.6) is 0 Å². The predicted octanol–water partition coefficient (Wildman–Crippen LogP) is 7.17. The van der Waals surface area contributed by atoms with Gasteiger partial charge in [0.15, 0.2) is 17.5 Å². The van der Waals surface area contributed by atoms with Crippen LogP contribution in [0.15, 0.2) is 24.3 Å². The number of benzene rings is 1. The van der Waals surface area contributed by atoms with Crippen molar-refractivity contribution in [2.45, 2.75) is 32.4 Å². The number of nitrogens with zero attached hydrogens (tertiary/aromatic N) is 4. The van der Waals surface area contributed by atoms with Crippen LogP contribution in [0.3, 0.4) is 0 Å². The Labute approximate surface area is 197 Å². The van der Waals surface area contributed by atoms with E-state index in [1.807, 2.05) is 18.7 Å². The molecule has 4 nitrogen and oxygen atoms in total. The first-order valence-corrected chi connectivity index (χ1v) is 10.5. The molecule has 1 aromatic heterocycles. The summed E-state index contributed by atoms with van der Waals surface area (Å²) in [6.45, 7) is 3.64. The molecule has 0 fully saturated rings. The molecule has 0 radical (unpaired) electrons. The summed E-state index contributed by atoms with van der Waals surface area (Å²) in [5.41, 5.74) is 0.775. The highest BCUT2D eigenvalue weighted by molar-refractivity contribution is 6.67. The third-order valence-electron chi connectivity index (χ3n) is 3.33. The Morgan fingerprint density at radius 3 is 1.48 bits per heavy atom. The standard InChI is InChI=1S/C15H12Cl8N4/c1-7(16)27(8(2)17)10-5-3-9(4-6-10)11-24-12(14(18,19)20)26-13(25-11)15(21,22)23/h3-8H,1-2H3. The van der Waals surface area contributed by atoms with Crippen molar-refractivity contribution >= 4 is 98.5 Å². The quantitative estimate of drug-likeness (QED) is 0.310. The van der Waals surface area contributed by atoms with Gasteiger partial charge in [-0.2, -0.15) is 0 Å². The SMILES string of the molecule is CC(Cl)N(c1ccc(-c2nc(C(Cl)(Cl)Cl)nc(C(Cl)(Cl)Cl)n2)cc1)C(C)Cl. The molecular formula is C15H12Cl8N4. The molecule has 0 aliphatic rings. The van der Waals surface area contributed by atoms with Gasteiger partial charge in [-0.1, -0.05) is 92.8 Å². The van der Waals surface area contributed by atoms with Crippen molar-refractivity contribution in [2.75, 3.05) is 4.90 Å². The maximum atomic E-state index is 6.19. The lowest BCUT2D eigenvalue weighted by Gasteiger charge is -2.30. The van der Waals surface area contributed by atoms with Crippen LogP contribution >= 0.6 is 92.8 Å². The van der Waals surface area contributed by atoms with Gasteiger partial charge in [-0.15, -0.1) is 0 Å². The topological polar surface area (TPSA) is 41.9 Å². The molecule has 12 heteroatoms. The maximum absolute atomic E-state index is 6.19. The second-order valence-electron chi connectivity index (χ2n) is 5.40. The van der Waals surface area contributed by atoms with Gasteiger partial charge in [-0.25, -0.2) is 15.0 Å². The lowest BCUT2D eigenvalue weighted by atomic mass is 10.2. The van der Waals surface area contributed by atoms with E-state index in [-0.39, 0.29) is 28.5 Å². The smallest absolute Gasteiger partial charge is 0.250 e. The minimum absolute atomic E-state index is 0.159. The summed E-state index contributed by atoms with van der Waals surface area (Å²) in [5.74, 6) is -0.134. The first kappa shape index (κ1) is 23.6. The zero-order valence-electron chi connectivity index (χ0n) is 13.8. The van der Waals surface area contributed by atoms with E-state index in [0.29, 0.717) is 5.56 Å². The zero-order chi connectivity index (χ0) is 20.6. The molecule has 2 rings (SSSR count). The highest BCUT2D eigenvalue weighted by Crippen LogP contribution is 2.40.